The highest BCUT2D eigenvalue weighted by Gasteiger charge is 2.03. The quantitative estimate of drug-likeness (QED) is 0.760. The van der Waals surface area contributed by atoms with Crippen LogP contribution in [0.15, 0.2) is 23.1 Å². The van der Waals surface area contributed by atoms with Crippen molar-refractivity contribution in [1.82, 2.24) is 4.57 Å². The summed E-state index contributed by atoms with van der Waals surface area (Å²) < 4.78 is 11.9. The molecule has 1 atom stereocenters. The summed E-state index contributed by atoms with van der Waals surface area (Å²) >= 11 is 0. The number of methoxy groups -OCH3 is 1. The summed E-state index contributed by atoms with van der Waals surface area (Å²) in [6, 6.07) is 3.55. The van der Waals surface area contributed by atoms with E-state index >= 15 is 0 Å². The number of pyridine rings is 1. The number of aromatic nitrogens is 1. The molecule has 0 fully saturated rings. The lowest BCUT2D eigenvalue weighted by molar-refractivity contribution is 0.141. The van der Waals surface area contributed by atoms with Gasteiger partial charge in [-0.2, -0.15) is 0 Å². The van der Waals surface area contributed by atoms with Crippen molar-refractivity contribution in [1.29, 1.82) is 0 Å². The molecule has 0 saturated heterocycles. The van der Waals surface area contributed by atoms with Crippen LogP contribution in [0.1, 0.15) is 13.8 Å². The molecular formula is C13H22N2O3. The third kappa shape index (κ3) is 4.89. The Morgan fingerprint density at radius 2 is 2.22 bits per heavy atom. The van der Waals surface area contributed by atoms with E-state index in [1.807, 2.05) is 20.0 Å². The molecule has 0 spiro atoms. The van der Waals surface area contributed by atoms with Crippen molar-refractivity contribution < 1.29 is 9.47 Å². The second kappa shape index (κ2) is 7.89. The predicted molar refractivity (Wildman–Crippen MR) is 72.2 cm³/mol. The molecule has 0 aromatic carbocycles. The van der Waals surface area contributed by atoms with Crippen molar-refractivity contribution in [3.8, 4) is 0 Å². The van der Waals surface area contributed by atoms with E-state index in [1.165, 1.54) is 0 Å². The molecule has 1 unspecified atom stereocenters. The van der Waals surface area contributed by atoms with Gasteiger partial charge in [0.05, 0.1) is 18.9 Å². The third-order valence-electron chi connectivity index (χ3n) is 2.50. The van der Waals surface area contributed by atoms with Crippen LogP contribution in [0.4, 0.5) is 5.69 Å². The average Bonchev–Trinajstić information content (AvgIpc) is 2.37. The van der Waals surface area contributed by atoms with Crippen LogP contribution in [-0.4, -0.2) is 37.5 Å². The third-order valence-corrected chi connectivity index (χ3v) is 2.50. The van der Waals surface area contributed by atoms with E-state index in [4.69, 9.17) is 9.47 Å². The number of hydrogen-bond acceptors (Lipinski definition) is 4. The normalized spacial score (nSPS) is 12.4. The molecule has 0 aliphatic carbocycles. The van der Waals surface area contributed by atoms with E-state index in [9.17, 15) is 4.79 Å². The first-order chi connectivity index (χ1) is 8.67. The van der Waals surface area contributed by atoms with Gasteiger partial charge in [0.15, 0.2) is 0 Å². The summed E-state index contributed by atoms with van der Waals surface area (Å²) in [6.45, 7) is 6.45. The molecule has 0 aliphatic rings. The Bertz CT molecular complexity index is 403. The molecule has 5 nitrogen and oxygen atoms in total. The van der Waals surface area contributed by atoms with Crippen molar-refractivity contribution in [2.75, 3.05) is 32.2 Å². The van der Waals surface area contributed by atoms with Crippen LogP contribution in [0.25, 0.3) is 0 Å². The van der Waals surface area contributed by atoms with Gasteiger partial charge >= 0.3 is 0 Å². The van der Waals surface area contributed by atoms with Crippen LogP contribution in [-0.2, 0) is 16.0 Å². The number of ether oxygens (including phenoxy) is 2. The fourth-order valence-corrected chi connectivity index (χ4v) is 1.60. The Kier molecular flexibility index (Phi) is 6.46. The molecule has 1 aromatic rings. The predicted octanol–water partition coefficient (Wildman–Crippen LogP) is 1.33. The highest BCUT2D eigenvalue weighted by molar-refractivity contribution is 5.41. The minimum Gasteiger partial charge on any atom is -0.383 e. The van der Waals surface area contributed by atoms with Gasteiger partial charge in [0, 0.05) is 38.6 Å². The van der Waals surface area contributed by atoms with Gasteiger partial charge in [-0.05, 0) is 19.9 Å². The Morgan fingerprint density at radius 1 is 1.44 bits per heavy atom. The Hall–Kier alpha value is -1.33. The topological polar surface area (TPSA) is 52.5 Å². The van der Waals surface area contributed by atoms with Crippen molar-refractivity contribution in [3.63, 3.8) is 0 Å². The fraction of sp³-hybridized carbons (Fsp3) is 0.615. The maximum Gasteiger partial charge on any atom is 0.250 e. The van der Waals surface area contributed by atoms with Crippen molar-refractivity contribution >= 4 is 5.69 Å². The minimum atomic E-state index is -0.0185. The molecule has 0 saturated carbocycles. The van der Waals surface area contributed by atoms with Crippen LogP contribution >= 0.6 is 0 Å². The summed E-state index contributed by atoms with van der Waals surface area (Å²) in [7, 11) is 1.62. The Labute approximate surface area is 108 Å². The molecule has 18 heavy (non-hydrogen) atoms. The molecule has 0 bridgehead atoms. The molecule has 0 radical (unpaired) electrons. The van der Waals surface area contributed by atoms with Crippen LogP contribution in [0.3, 0.4) is 0 Å². The summed E-state index contributed by atoms with van der Waals surface area (Å²) in [4.78, 5) is 11.6. The zero-order chi connectivity index (χ0) is 13.4. The van der Waals surface area contributed by atoms with Crippen LogP contribution in [0.2, 0.25) is 0 Å². The zero-order valence-corrected chi connectivity index (χ0v) is 11.3. The second-order valence-corrected chi connectivity index (χ2v) is 4.15. The highest BCUT2D eigenvalue weighted by Crippen LogP contribution is 2.05. The van der Waals surface area contributed by atoms with Crippen molar-refractivity contribution in [3.05, 3.63) is 28.7 Å². The summed E-state index contributed by atoms with van der Waals surface area (Å²) in [5.41, 5.74) is 0.896. The monoisotopic (exact) mass is 254 g/mol. The number of nitrogens with one attached hydrogen (secondary N) is 1. The fourth-order valence-electron chi connectivity index (χ4n) is 1.60. The summed E-state index contributed by atoms with van der Waals surface area (Å²) in [5.74, 6) is 0. The van der Waals surface area contributed by atoms with Crippen LogP contribution in [0.5, 0.6) is 0 Å². The molecule has 0 amide bonds. The molecule has 102 valence electrons. The second-order valence-electron chi connectivity index (χ2n) is 4.15. The first-order valence-corrected chi connectivity index (χ1v) is 6.21. The number of nitrogens with zero attached hydrogens (tertiary/aromatic N) is 1. The molecule has 0 aliphatic heterocycles. The van der Waals surface area contributed by atoms with E-state index < -0.39 is 0 Å². The highest BCUT2D eigenvalue weighted by atomic mass is 16.5. The van der Waals surface area contributed by atoms with E-state index in [-0.39, 0.29) is 11.6 Å². The smallest absolute Gasteiger partial charge is 0.250 e. The van der Waals surface area contributed by atoms with Gasteiger partial charge in [-0.15, -0.1) is 0 Å². The number of anilines is 1. The van der Waals surface area contributed by atoms with Gasteiger partial charge in [0.1, 0.15) is 0 Å². The van der Waals surface area contributed by atoms with E-state index in [0.717, 1.165) is 5.69 Å². The average molecular weight is 254 g/mol. The lowest BCUT2D eigenvalue weighted by atomic mass is 10.3. The van der Waals surface area contributed by atoms with Crippen molar-refractivity contribution in [2.45, 2.75) is 26.4 Å². The first-order valence-electron chi connectivity index (χ1n) is 6.21. The molecule has 1 N–H and O–H groups in total. The number of rotatable bonds is 8. The van der Waals surface area contributed by atoms with Crippen LogP contribution in [0, 0.1) is 0 Å². The molecule has 5 heteroatoms. The maximum absolute atomic E-state index is 11.6. The first kappa shape index (κ1) is 14.7. The van der Waals surface area contributed by atoms with Gasteiger partial charge in [-0.3, -0.25) is 4.79 Å². The van der Waals surface area contributed by atoms with E-state index in [1.54, 1.807) is 23.8 Å². The van der Waals surface area contributed by atoms with Gasteiger partial charge in [-0.1, -0.05) is 0 Å². The largest absolute Gasteiger partial charge is 0.383 e. The lowest BCUT2D eigenvalue weighted by Crippen LogP contribution is -2.25. The summed E-state index contributed by atoms with van der Waals surface area (Å²) in [6.07, 6.45) is 1.81. The molecule has 1 rings (SSSR count). The minimum absolute atomic E-state index is 0.0185. The van der Waals surface area contributed by atoms with E-state index in [0.29, 0.717) is 26.4 Å². The van der Waals surface area contributed by atoms with Crippen molar-refractivity contribution in [2.24, 2.45) is 0 Å². The van der Waals surface area contributed by atoms with Gasteiger partial charge in [0.2, 0.25) is 0 Å². The van der Waals surface area contributed by atoms with E-state index in [2.05, 4.69) is 5.32 Å². The zero-order valence-electron chi connectivity index (χ0n) is 11.3. The maximum atomic E-state index is 11.6. The van der Waals surface area contributed by atoms with Crippen LogP contribution < -0.4 is 10.9 Å². The SMILES string of the molecule is CCOCC(C)Nc1ccc(=O)n(CCOC)c1. The molecule has 1 heterocycles. The Balaban J connectivity index is 2.63. The van der Waals surface area contributed by atoms with Gasteiger partial charge < -0.3 is 19.4 Å². The lowest BCUT2D eigenvalue weighted by Gasteiger charge is -2.16. The van der Waals surface area contributed by atoms with Gasteiger partial charge in [-0.25, -0.2) is 0 Å². The molecular weight excluding hydrogens is 232 g/mol. The molecule has 1 aromatic heterocycles. The standard InChI is InChI=1S/C13H22N2O3/c1-4-18-10-11(2)14-12-5-6-13(16)15(9-12)7-8-17-3/h5-6,9,11,14H,4,7-8,10H2,1-3H3. The Morgan fingerprint density at radius 3 is 2.89 bits per heavy atom. The summed E-state index contributed by atoms with van der Waals surface area (Å²) in [5, 5.41) is 3.30. The number of hydrogen-bond donors (Lipinski definition) is 1. The van der Waals surface area contributed by atoms with Gasteiger partial charge in [0.25, 0.3) is 5.56 Å².